The molecule has 2 N–H and O–H groups in total. The van der Waals surface area contributed by atoms with Gasteiger partial charge in [-0.1, -0.05) is 0 Å². The van der Waals surface area contributed by atoms with Crippen molar-refractivity contribution in [2.24, 2.45) is 0 Å². The van der Waals surface area contributed by atoms with Crippen LogP contribution in [-0.2, 0) is 10.5 Å². The number of hydrogen-bond donors (Lipinski definition) is 2. The Balaban J connectivity index is 2.19. The van der Waals surface area contributed by atoms with Crippen molar-refractivity contribution >= 4 is 17.7 Å². The van der Waals surface area contributed by atoms with Crippen LogP contribution >= 0.6 is 11.8 Å². The summed E-state index contributed by atoms with van der Waals surface area (Å²) in [6, 6.07) is 0. The van der Waals surface area contributed by atoms with E-state index in [1.165, 1.54) is 11.8 Å². The third-order valence-electron chi connectivity index (χ3n) is 1.05. The fraction of sp³-hybridized carbons (Fsp3) is 0.333. The summed E-state index contributed by atoms with van der Waals surface area (Å²) < 4.78 is 0. The Morgan fingerprint density at radius 3 is 3.18 bits per heavy atom. The van der Waals surface area contributed by atoms with Gasteiger partial charge in [0.15, 0.2) is 0 Å². The van der Waals surface area contributed by atoms with Crippen molar-refractivity contribution in [3.05, 3.63) is 18.0 Å². The number of carboxylic acid groups (broad SMARTS) is 1. The molecule has 0 aliphatic heterocycles. The number of carboxylic acids is 1. The third-order valence-corrected chi connectivity index (χ3v) is 2.04. The Kier molecular flexibility index (Phi) is 2.97. The summed E-state index contributed by atoms with van der Waals surface area (Å²) >= 11 is 1.36. The van der Waals surface area contributed by atoms with Crippen molar-refractivity contribution in [2.45, 2.75) is 5.75 Å². The van der Waals surface area contributed by atoms with Gasteiger partial charge >= 0.3 is 5.97 Å². The van der Waals surface area contributed by atoms with Gasteiger partial charge in [-0.3, -0.25) is 9.89 Å². The molecule has 0 saturated heterocycles. The number of rotatable bonds is 4. The first-order valence-electron chi connectivity index (χ1n) is 3.06. The first-order chi connectivity index (χ1) is 5.29. The average molecular weight is 172 g/mol. The van der Waals surface area contributed by atoms with Crippen LogP contribution < -0.4 is 0 Å². The lowest BCUT2D eigenvalue weighted by molar-refractivity contribution is -0.133. The van der Waals surface area contributed by atoms with Gasteiger partial charge in [0.2, 0.25) is 0 Å². The number of nitrogens with one attached hydrogen (secondary N) is 1. The number of aromatic amines is 1. The van der Waals surface area contributed by atoms with E-state index in [-0.39, 0.29) is 5.75 Å². The second-order valence-electron chi connectivity index (χ2n) is 1.99. The van der Waals surface area contributed by atoms with Crippen LogP contribution in [0, 0.1) is 0 Å². The summed E-state index contributed by atoms with van der Waals surface area (Å²) in [5.74, 6) is 0.0621. The quantitative estimate of drug-likeness (QED) is 0.702. The highest BCUT2D eigenvalue weighted by atomic mass is 32.2. The monoisotopic (exact) mass is 172 g/mol. The topological polar surface area (TPSA) is 66.0 Å². The molecule has 5 heteroatoms. The molecule has 0 saturated carbocycles. The van der Waals surface area contributed by atoms with Gasteiger partial charge in [-0.15, -0.1) is 11.8 Å². The zero-order chi connectivity index (χ0) is 8.10. The number of thioether (sulfide) groups is 1. The van der Waals surface area contributed by atoms with E-state index in [0.29, 0.717) is 5.75 Å². The van der Waals surface area contributed by atoms with E-state index >= 15 is 0 Å². The van der Waals surface area contributed by atoms with E-state index in [0.717, 1.165) is 5.56 Å². The molecule has 0 spiro atoms. The minimum Gasteiger partial charge on any atom is -0.481 e. The zero-order valence-electron chi connectivity index (χ0n) is 5.78. The molecule has 0 radical (unpaired) electrons. The highest BCUT2D eigenvalue weighted by Gasteiger charge is 1.98. The molecule has 1 heterocycles. The molecule has 0 amide bonds. The maximum absolute atomic E-state index is 10.1. The lowest BCUT2D eigenvalue weighted by atomic mass is 10.4. The molecule has 0 fully saturated rings. The molecule has 0 aliphatic carbocycles. The van der Waals surface area contributed by atoms with E-state index in [4.69, 9.17) is 5.11 Å². The predicted octanol–water partition coefficient (Wildman–Crippen LogP) is 0.727. The number of aliphatic carboxylic acids is 1. The molecule has 0 aromatic carbocycles. The number of hydrogen-bond acceptors (Lipinski definition) is 3. The second-order valence-corrected chi connectivity index (χ2v) is 2.98. The van der Waals surface area contributed by atoms with Gasteiger partial charge in [-0.25, -0.2) is 0 Å². The molecule has 1 aromatic heterocycles. The first kappa shape index (κ1) is 8.13. The van der Waals surface area contributed by atoms with Crippen molar-refractivity contribution in [1.29, 1.82) is 0 Å². The van der Waals surface area contributed by atoms with Crippen LogP contribution in [0.25, 0.3) is 0 Å². The molecule has 0 aliphatic rings. The standard InChI is InChI=1S/C6H8N2O2S/c9-6(10)4-11-3-5-1-7-8-2-5/h1-2H,3-4H2,(H,7,8)(H,9,10). The van der Waals surface area contributed by atoms with Gasteiger partial charge in [-0.05, 0) is 5.56 Å². The number of aromatic nitrogens is 2. The normalized spacial score (nSPS) is 9.82. The SMILES string of the molecule is O=C(O)CSCc1cn[nH]c1. The fourth-order valence-corrected chi connectivity index (χ4v) is 1.28. The second kappa shape index (κ2) is 4.02. The molecule has 0 unspecified atom stereocenters. The Morgan fingerprint density at radius 1 is 1.82 bits per heavy atom. The highest BCUT2D eigenvalue weighted by Crippen LogP contribution is 2.09. The number of H-pyrrole nitrogens is 1. The molecule has 60 valence electrons. The molecular formula is C6H8N2O2S. The van der Waals surface area contributed by atoms with E-state index in [1.54, 1.807) is 12.4 Å². The van der Waals surface area contributed by atoms with Crippen LogP contribution in [0.15, 0.2) is 12.4 Å². The van der Waals surface area contributed by atoms with Gasteiger partial charge in [0.1, 0.15) is 0 Å². The molecular weight excluding hydrogens is 164 g/mol. The van der Waals surface area contributed by atoms with Crippen LogP contribution in [0.1, 0.15) is 5.56 Å². The third kappa shape index (κ3) is 3.08. The molecule has 1 rings (SSSR count). The van der Waals surface area contributed by atoms with Gasteiger partial charge in [0.25, 0.3) is 0 Å². The summed E-state index contributed by atoms with van der Waals surface area (Å²) in [5, 5.41) is 14.7. The molecule has 11 heavy (non-hydrogen) atoms. The smallest absolute Gasteiger partial charge is 0.313 e. The Bertz CT molecular complexity index is 222. The lowest BCUT2D eigenvalue weighted by Gasteiger charge is -1.92. The van der Waals surface area contributed by atoms with E-state index in [9.17, 15) is 4.79 Å². The zero-order valence-corrected chi connectivity index (χ0v) is 6.60. The molecule has 4 nitrogen and oxygen atoms in total. The van der Waals surface area contributed by atoms with Crippen molar-refractivity contribution in [3.8, 4) is 0 Å². The van der Waals surface area contributed by atoms with Crippen LogP contribution in [-0.4, -0.2) is 27.0 Å². The van der Waals surface area contributed by atoms with Gasteiger partial charge in [0, 0.05) is 11.9 Å². The molecule has 1 aromatic rings. The van der Waals surface area contributed by atoms with Crippen molar-refractivity contribution in [3.63, 3.8) is 0 Å². The van der Waals surface area contributed by atoms with Crippen molar-refractivity contribution in [1.82, 2.24) is 10.2 Å². The minimum absolute atomic E-state index is 0.144. The van der Waals surface area contributed by atoms with Crippen LogP contribution in [0.3, 0.4) is 0 Å². The Morgan fingerprint density at radius 2 is 2.64 bits per heavy atom. The Hall–Kier alpha value is -0.970. The maximum Gasteiger partial charge on any atom is 0.313 e. The number of nitrogens with zero attached hydrogens (tertiary/aromatic N) is 1. The van der Waals surface area contributed by atoms with Gasteiger partial charge < -0.3 is 5.11 Å². The van der Waals surface area contributed by atoms with Crippen molar-refractivity contribution < 1.29 is 9.90 Å². The summed E-state index contributed by atoms with van der Waals surface area (Å²) in [6.45, 7) is 0. The molecule has 0 atom stereocenters. The molecule has 0 bridgehead atoms. The van der Waals surface area contributed by atoms with Crippen LogP contribution in [0.4, 0.5) is 0 Å². The number of carbonyl (C=O) groups is 1. The highest BCUT2D eigenvalue weighted by molar-refractivity contribution is 7.99. The summed E-state index contributed by atoms with van der Waals surface area (Å²) in [5.41, 5.74) is 1.02. The average Bonchev–Trinajstić information content (AvgIpc) is 2.39. The van der Waals surface area contributed by atoms with Crippen LogP contribution in [0.2, 0.25) is 0 Å². The summed E-state index contributed by atoms with van der Waals surface area (Å²) in [4.78, 5) is 10.1. The Labute approximate surface area is 68.0 Å². The minimum atomic E-state index is -0.779. The van der Waals surface area contributed by atoms with E-state index in [1.807, 2.05) is 0 Å². The summed E-state index contributed by atoms with van der Waals surface area (Å²) in [7, 11) is 0. The predicted molar refractivity (Wildman–Crippen MR) is 42.4 cm³/mol. The van der Waals surface area contributed by atoms with Gasteiger partial charge in [-0.2, -0.15) is 5.10 Å². The summed E-state index contributed by atoms with van der Waals surface area (Å²) in [6.07, 6.45) is 3.45. The maximum atomic E-state index is 10.1. The van der Waals surface area contributed by atoms with E-state index < -0.39 is 5.97 Å². The van der Waals surface area contributed by atoms with Gasteiger partial charge in [0.05, 0.1) is 11.9 Å². The lowest BCUT2D eigenvalue weighted by Crippen LogP contribution is -1.97. The largest absolute Gasteiger partial charge is 0.481 e. The first-order valence-corrected chi connectivity index (χ1v) is 4.21. The van der Waals surface area contributed by atoms with Crippen LogP contribution in [0.5, 0.6) is 0 Å². The van der Waals surface area contributed by atoms with Crippen molar-refractivity contribution in [2.75, 3.05) is 5.75 Å². The van der Waals surface area contributed by atoms with E-state index in [2.05, 4.69) is 10.2 Å². The fourth-order valence-electron chi connectivity index (χ4n) is 0.613.